The summed E-state index contributed by atoms with van der Waals surface area (Å²) in [5.74, 6) is 1.38. The zero-order valence-corrected chi connectivity index (χ0v) is 13.9. The molecule has 2 rings (SSSR count). The summed E-state index contributed by atoms with van der Waals surface area (Å²) in [6.45, 7) is 1.70. The SMILES string of the molecule is COc1ccc([N+](C)(C(=O)[C@@H](C)N)c2ccc(OC)cc2)cc1. The summed E-state index contributed by atoms with van der Waals surface area (Å²) >= 11 is 0. The van der Waals surface area contributed by atoms with Gasteiger partial charge in [-0.1, -0.05) is 0 Å². The largest absolute Gasteiger partial charge is 0.497 e. The highest BCUT2D eigenvalue weighted by Crippen LogP contribution is 2.35. The van der Waals surface area contributed by atoms with Gasteiger partial charge in [-0.25, -0.2) is 4.79 Å². The number of methoxy groups -OCH3 is 2. The van der Waals surface area contributed by atoms with E-state index in [0.717, 1.165) is 22.9 Å². The minimum Gasteiger partial charge on any atom is -0.497 e. The van der Waals surface area contributed by atoms with Crippen molar-refractivity contribution in [2.45, 2.75) is 13.0 Å². The number of nitrogens with two attached hydrogens (primary N) is 1. The Kier molecular flexibility index (Phi) is 5.03. The fourth-order valence-electron chi connectivity index (χ4n) is 2.57. The number of carbonyl (C=O) groups is 1. The molecule has 0 radical (unpaired) electrons. The van der Waals surface area contributed by atoms with Crippen LogP contribution in [0.4, 0.5) is 11.4 Å². The number of nitrogens with zero attached hydrogens (tertiary/aromatic N) is 1. The molecule has 5 heteroatoms. The molecule has 2 N–H and O–H groups in total. The Labute approximate surface area is 136 Å². The van der Waals surface area contributed by atoms with E-state index in [-0.39, 0.29) is 10.4 Å². The Hall–Kier alpha value is -2.37. The number of amides is 1. The van der Waals surface area contributed by atoms with Gasteiger partial charge in [0.2, 0.25) is 0 Å². The van der Waals surface area contributed by atoms with E-state index in [4.69, 9.17) is 15.2 Å². The van der Waals surface area contributed by atoms with Crippen LogP contribution in [0.1, 0.15) is 6.92 Å². The van der Waals surface area contributed by atoms with E-state index in [9.17, 15) is 4.79 Å². The third kappa shape index (κ3) is 3.21. The highest BCUT2D eigenvalue weighted by Gasteiger charge is 2.39. The molecule has 0 aliphatic heterocycles. The molecule has 0 fully saturated rings. The molecule has 0 aromatic heterocycles. The zero-order valence-electron chi connectivity index (χ0n) is 13.9. The van der Waals surface area contributed by atoms with E-state index in [0.29, 0.717) is 0 Å². The van der Waals surface area contributed by atoms with E-state index in [1.165, 1.54) is 0 Å². The standard InChI is InChI=1S/C18H23N2O3/c1-13(19)18(21)20(2,14-5-9-16(22-3)10-6-14)15-7-11-17(23-4)12-8-15/h5-13H,19H2,1-4H3/q+1/t13-/m1/s1. The van der Waals surface area contributed by atoms with Gasteiger partial charge < -0.3 is 15.2 Å². The fourth-order valence-corrected chi connectivity index (χ4v) is 2.57. The molecule has 0 bridgehead atoms. The first-order chi connectivity index (χ1) is 10.9. The van der Waals surface area contributed by atoms with E-state index in [2.05, 4.69) is 0 Å². The summed E-state index contributed by atoms with van der Waals surface area (Å²) in [5.41, 5.74) is 7.53. The average molecular weight is 315 g/mol. The van der Waals surface area contributed by atoms with Crippen LogP contribution in [0.2, 0.25) is 0 Å². The van der Waals surface area contributed by atoms with Gasteiger partial charge in [0.25, 0.3) is 0 Å². The third-order valence-electron chi connectivity index (χ3n) is 4.01. The molecule has 0 spiro atoms. The molecule has 0 saturated carbocycles. The Morgan fingerprint density at radius 2 is 1.26 bits per heavy atom. The maximum absolute atomic E-state index is 12.9. The Morgan fingerprint density at radius 3 is 1.52 bits per heavy atom. The molecule has 2 aromatic carbocycles. The second-order valence-corrected chi connectivity index (χ2v) is 5.53. The molecule has 0 heterocycles. The second-order valence-electron chi connectivity index (χ2n) is 5.53. The Bertz CT molecular complexity index is 616. The lowest BCUT2D eigenvalue weighted by molar-refractivity contribution is -0.127. The van der Waals surface area contributed by atoms with Crippen molar-refractivity contribution < 1.29 is 14.3 Å². The van der Waals surface area contributed by atoms with Crippen molar-refractivity contribution in [2.75, 3.05) is 21.3 Å². The number of quaternary nitrogens is 1. The third-order valence-corrected chi connectivity index (χ3v) is 4.01. The van der Waals surface area contributed by atoms with Gasteiger partial charge >= 0.3 is 5.91 Å². The van der Waals surface area contributed by atoms with Crippen LogP contribution in [0, 0.1) is 0 Å². The van der Waals surface area contributed by atoms with Crippen LogP contribution in [0.3, 0.4) is 0 Å². The van der Waals surface area contributed by atoms with Crippen molar-refractivity contribution in [1.29, 1.82) is 0 Å². The van der Waals surface area contributed by atoms with Crippen LogP contribution < -0.4 is 19.7 Å². The fraction of sp³-hybridized carbons (Fsp3) is 0.278. The van der Waals surface area contributed by atoms with Crippen molar-refractivity contribution in [3.63, 3.8) is 0 Å². The lowest BCUT2D eigenvalue weighted by atomic mass is 10.1. The monoisotopic (exact) mass is 315 g/mol. The molecule has 0 aliphatic rings. The average Bonchev–Trinajstić information content (AvgIpc) is 2.60. The summed E-state index contributed by atoms with van der Waals surface area (Å²) in [6, 6.07) is 14.3. The van der Waals surface area contributed by atoms with Crippen molar-refractivity contribution in [2.24, 2.45) is 5.73 Å². The van der Waals surface area contributed by atoms with Crippen molar-refractivity contribution in [3.8, 4) is 11.5 Å². The Balaban J connectivity index is 2.56. The number of ether oxygens (including phenoxy) is 2. The molecular formula is C18H23N2O3+. The van der Waals surface area contributed by atoms with Crippen LogP contribution in [0.15, 0.2) is 48.5 Å². The summed E-state index contributed by atoms with van der Waals surface area (Å²) in [5, 5.41) is 0. The molecule has 1 atom stereocenters. The summed E-state index contributed by atoms with van der Waals surface area (Å²) < 4.78 is 10.4. The first-order valence-electron chi connectivity index (χ1n) is 7.39. The molecule has 0 unspecified atom stereocenters. The molecule has 122 valence electrons. The van der Waals surface area contributed by atoms with Gasteiger partial charge in [0.05, 0.1) is 21.3 Å². The quantitative estimate of drug-likeness (QED) is 0.862. The number of benzene rings is 2. The first kappa shape index (κ1) is 17.0. The van der Waals surface area contributed by atoms with Crippen LogP contribution in [-0.4, -0.2) is 33.2 Å². The zero-order chi connectivity index (χ0) is 17.0. The normalized spacial score (nSPS) is 12.6. The van der Waals surface area contributed by atoms with Gasteiger partial charge in [-0.15, -0.1) is 0 Å². The number of rotatable bonds is 5. The summed E-state index contributed by atoms with van der Waals surface area (Å²) in [7, 11) is 5.06. The van der Waals surface area contributed by atoms with E-state index in [1.807, 2.05) is 55.6 Å². The molecule has 0 saturated heterocycles. The highest BCUT2D eigenvalue weighted by atomic mass is 16.5. The number of carbonyl (C=O) groups excluding carboxylic acids is 1. The predicted octanol–water partition coefficient (Wildman–Crippen LogP) is 2.85. The lowest BCUT2D eigenvalue weighted by Crippen LogP contribution is -2.53. The van der Waals surface area contributed by atoms with Crippen LogP contribution >= 0.6 is 0 Å². The number of hydrogen-bond donors (Lipinski definition) is 1. The minimum absolute atomic E-state index is 0.0222. The minimum atomic E-state index is -0.593. The van der Waals surface area contributed by atoms with Crippen LogP contribution in [-0.2, 0) is 4.79 Å². The molecular weight excluding hydrogens is 292 g/mol. The van der Waals surface area contributed by atoms with Gasteiger partial charge in [0.15, 0.2) is 0 Å². The molecule has 5 nitrogen and oxygen atoms in total. The smallest absolute Gasteiger partial charge is 0.340 e. The van der Waals surface area contributed by atoms with Gasteiger partial charge in [-0.2, -0.15) is 4.48 Å². The van der Waals surface area contributed by atoms with Gasteiger partial charge in [0.1, 0.15) is 28.9 Å². The Morgan fingerprint density at radius 1 is 0.913 bits per heavy atom. The van der Waals surface area contributed by atoms with Gasteiger partial charge in [-0.05, 0) is 31.2 Å². The van der Waals surface area contributed by atoms with Crippen molar-refractivity contribution in [3.05, 3.63) is 48.5 Å². The molecule has 1 amide bonds. The topological polar surface area (TPSA) is 61.5 Å². The predicted molar refractivity (Wildman–Crippen MR) is 92.0 cm³/mol. The van der Waals surface area contributed by atoms with Crippen LogP contribution in [0.25, 0.3) is 0 Å². The van der Waals surface area contributed by atoms with Crippen molar-refractivity contribution >= 4 is 17.3 Å². The summed E-state index contributed by atoms with van der Waals surface area (Å²) in [4.78, 5) is 12.9. The van der Waals surface area contributed by atoms with Crippen LogP contribution in [0.5, 0.6) is 11.5 Å². The van der Waals surface area contributed by atoms with E-state index >= 15 is 0 Å². The van der Waals surface area contributed by atoms with E-state index < -0.39 is 6.04 Å². The summed E-state index contributed by atoms with van der Waals surface area (Å²) in [6.07, 6.45) is 0. The van der Waals surface area contributed by atoms with Crippen molar-refractivity contribution in [1.82, 2.24) is 4.48 Å². The maximum Gasteiger partial charge on any atom is 0.340 e. The maximum atomic E-state index is 12.9. The first-order valence-corrected chi connectivity index (χ1v) is 7.39. The van der Waals surface area contributed by atoms with E-state index in [1.54, 1.807) is 21.1 Å². The molecule has 23 heavy (non-hydrogen) atoms. The molecule has 0 aliphatic carbocycles. The molecule has 2 aromatic rings. The number of likely N-dealkylation sites (N-methyl/N-ethyl adjacent to an activating group) is 1. The van der Waals surface area contributed by atoms with Gasteiger partial charge in [0, 0.05) is 24.3 Å². The second kappa shape index (κ2) is 6.81. The van der Waals surface area contributed by atoms with Gasteiger partial charge in [-0.3, -0.25) is 0 Å². The number of hydrogen-bond acceptors (Lipinski definition) is 4. The highest BCUT2D eigenvalue weighted by molar-refractivity contribution is 5.97. The lowest BCUT2D eigenvalue weighted by Gasteiger charge is -2.32.